The molecule has 0 atom stereocenters. The fourth-order valence-corrected chi connectivity index (χ4v) is 1.69. The maximum absolute atomic E-state index is 10.3. The van der Waals surface area contributed by atoms with Crippen LogP contribution in [-0.2, 0) is 4.79 Å². The smallest absolute Gasteiger partial charge is 0.141 e. The molecule has 0 saturated carbocycles. The highest BCUT2D eigenvalue weighted by Crippen LogP contribution is 2.36. The van der Waals surface area contributed by atoms with Gasteiger partial charge in [0.2, 0.25) is 0 Å². The van der Waals surface area contributed by atoms with E-state index in [2.05, 4.69) is 10.6 Å². The van der Waals surface area contributed by atoms with E-state index in [1.807, 2.05) is 0 Å². The van der Waals surface area contributed by atoms with Crippen LogP contribution in [0.25, 0.3) is 0 Å². The standard InChI is InChI=1S/C14H15N3O3/c15-9-1-3-10(4-2-9)17-12-8-13(19)11(7-14(12)20)16-5-6-18/h1-4,6-8,16-17,19-20H,5,15H2. The number of aromatic hydroxyl groups is 2. The molecule has 2 aromatic rings. The van der Waals surface area contributed by atoms with Crippen LogP contribution in [0, 0.1) is 0 Å². The van der Waals surface area contributed by atoms with Crippen molar-refractivity contribution in [3.05, 3.63) is 36.4 Å². The van der Waals surface area contributed by atoms with Crippen molar-refractivity contribution in [2.45, 2.75) is 0 Å². The topological polar surface area (TPSA) is 108 Å². The second-order valence-electron chi connectivity index (χ2n) is 4.18. The van der Waals surface area contributed by atoms with Gasteiger partial charge in [-0.3, -0.25) is 0 Å². The molecule has 0 amide bonds. The van der Waals surface area contributed by atoms with Gasteiger partial charge in [-0.25, -0.2) is 0 Å². The number of carbonyl (C=O) groups is 1. The van der Waals surface area contributed by atoms with E-state index < -0.39 is 0 Å². The van der Waals surface area contributed by atoms with E-state index in [4.69, 9.17) is 5.73 Å². The van der Waals surface area contributed by atoms with Gasteiger partial charge in [-0.05, 0) is 24.3 Å². The van der Waals surface area contributed by atoms with E-state index in [1.165, 1.54) is 12.1 Å². The Morgan fingerprint density at radius 3 is 2.30 bits per heavy atom. The Hall–Kier alpha value is -2.89. The third-order valence-corrected chi connectivity index (χ3v) is 2.68. The van der Waals surface area contributed by atoms with Crippen LogP contribution >= 0.6 is 0 Å². The lowest BCUT2D eigenvalue weighted by Crippen LogP contribution is -2.02. The number of phenols is 2. The first-order valence-corrected chi connectivity index (χ1v) is 5.96. The number of nitrogens with two attached hydrogens (primary N) is 1. The summed E-state index contributed by atoms with van der Waals surface area (Å²) in [5.74, 6) is -0.115. The van der Waals surface area contributed by atoms with E-state index in [0.717, 1.165) is 5.69 Å². The predicted molar refractivity (Wildman–Crippen MR) is 78.5 cm³/mol. The van der Waals surface area contributed by atoms with Crippen molar-refractivity contribution in [3.63, 3.8) is 0 Å². The molecule has 0 unspecified atom stereocenters. The molecule has 20 heavy (non-hydrogen) atoms. The first kappa shape index (κ1) is 13.5. The SMILES string of the molecule is Nc1ccc(Nc2cc(O)c(NCC=O)cc2O)cc1. The fourth-order valence-electron chi connectivity index (χ4n) is 1.69. The normalized spacial score (nSPS) is 10.0. The number of hydrogen-bond acceptors (Lipinski definition) is 6. The number of carbonyl (C=O) groups excluding carboxylic acids is 1. The van der Waals surface area contributed by atoms with Crippen LogP contribution in [0.3, 0.4) is 0 Å². The molecular formula is C14H15N3O3. The Bertz CT molecular complexity index is 612. The predicted octanol–water partition coefficient (Wildman–Crippen LogP) is 2.03. The fraction of sp³-hybridized carbons (Fsp3) is 0.0714. The second kappa shape index (κ2) is 5.83. The summed E-state index contributed by atoms with van der Waals surface area (Å²) in [7, 11) is 0. The first-order valence-electron chi connectivity index (χ1n) is 5.96. The molecule has 0 bridgehead atoms. The molecule has 0 aliphatic carbocycles. The molecule has 6 nitrogen and oxygen atoms in total. The van der Waals surface area contributed by atoms with Crippen LogP contribution in [0.1, 0.15) is 0 Å². The van der Waals surface area contributed by atoms with Crippen LogP contribution in [0.15, 0.2) is 36.4 Å². The van der Waals surface area contributed by atoms with Crippen molar-refractivity contribution in [1.82, 2.24) is 0 Å². The highest BCUT2D eigenvalue weighted by molar-refractivity contribution is 5.75. The van der Waals surface area contributed by atoms with Gasteiger partial charge in [-0.2, -0.15) is 0 Å². The van der Waals surface area contributed by atoms with Gasteiger partial charge in [-0.1, -0.05) is 0 Å². The maximum atomic E-state index is 10.3. The molecule has 0 aliphatic rings. The van der Waals surface area contributed by atoms with Gasteiger partial charge in [-0.15, -0.1) is 0 Å². The summed E-state index contributed by atoms with van der Waals surface area (Å²) in [5.41, 5.74) is 7.59. The zero-order valence-electron chi connectivity index (χ0n) is 10.6. The van der Waals surface area contributed by atoms with Gasteiger partial charge < -0.3 is 31.4 Å². The summed E-state index contributed by atoms with van der Waals surface area (Å²) in [6, 6.07) is 9.67. The van der Waals surface area contributed by atoms with E-state index >= 15 is 0 Å². The third-order valence-electron chi connectivity index (χ3n) is 2.68. The maximum Gasteiger partial charge on any atom is 0.141 e. The number of nitrogen functional groups attached to an aromatic ring is 1. The van der Waals surface area contributed by atoms with Crippen LogP contribution < -0.4 is 16.4 Å². The Kier molecular flexibility index (Phi) is 3.95. The van der Waals surface area contributed by atoms with E-state index in [9.17, 15) is 15.0 Å². The Morgan fingerprint density at radius 1 is 1.05 bits per heavy atom. The molecular weight excluding hydrogens is 258 g/mol. The van der Waals surface area contributed by atoms with Gasteiger partial charge in [0.15, 0.2) is 0 Å². The summed E-state index contributed by atoms with van der Waals surface area (Å²) in [4.78, 5) is 10.3. The highest BCUT2D eigenvalue weighted by Gasteiger charge is 2.08. The minimum atomic E-state index is -0.0670. The molecule has 2 rings (SSSR count). The van der Waals surface area contributed by atoms with Crippen LogP contribution in [0.5, 0.6) is 11.5 Å². The zero-order chi connectivity index (χ0) is 14.5. The lowest BCUT2D eigenvalue weighted by Gasteiger charge is -2.12. The number of phenolic OH excluding ortho intramolecular Hbond substituents is 2. The summed E-state index contributed by atoms with van der Waals surface area (Å²) >= 11 is 0. The quantitative estimate of drug-likeness (QED) is 0.247. The van der Waals surface area contributed by atoms with Crippen molar-refractivity contribution in [2.24, 2.45) is 0 Å². The van der Waals surface area contributed by atoms with Gasteiger partial charge >= 0.3 is 0 Å². The number of aldehydes is 1. The highest BCUT2D eigenvalue weighted by atomic mass is 16.3. The van der Waals surface area contributed by atoms with E-state index in [1.54, 1.807) is 24.3 Å². The molecule has 0 spiro atoms. The molecule has 0 aliphatic heterocycles. The number of anilines is 4. The Morgan fingerprint density at radius 2 is 1.65 bits per heavy atom. The number of rotatable bonds is 5. The monoisotopic (exact) mass is 273 g/mol. The van der Waals surface area contributed by atoms with Gasteiger partial charge in [0.25, 0.3) is 0 Å². The Labute approximate surface area is 115 Å². The van der Waals surface area contributed by atoms with Crippen molar-refractivity contribution < 1.29 is 15.0 Å². The van der Waals surface area contributed by atoms with Gasteiger partial charge in [0.1, 0.15) is 17.8 Å². The minimum absolute atomic E-state index is 0.0481. The lowest BCUT2D eigenvalue weighted by molar-refractivity contribution is -0.106. The largest absolute Gasteiger partial charge is 0.506 e. The van der Waals surface area contributed by atoms with Gasteiger partial charge in [0.05, 0.1) is 17.9 Å². The van der Waals surface area contributed by atoms with Crippen LogP contribution in [0.4, 0.5) is 22.7 Å². The number of hydrogen-bond donors (Lipinski definition) is 5. The van der Waals surface area contributed by atoms with Crippen molar-refractivity contribution in [3.8, 4) is 11.5 Å². The summed E-state index contributed by atoms with van der Waals surface area (Å²) < 4.78 is 0. The van der Waals surface area contributed by atoms with Crippen molar-refractivity contribution in [2.75, 3.05) is 22.9 Å². The molecule has 104 valence electrons. The van der Waals surface area contributed by atoms with Crippen LogP contribution in [-0.4, -0.2) is 23.0 Å². The second-order valence-corrected chi connectivity index (χ2v) is 4.18. The third kappa shape index (κ3) is 3.11. The van der Waals surface area contributed by atoms with Gasteiger partial charge in [0, 0.05) is 23.5 Å². The van der Waals surface area contributed by atoms with Crippen LogP contribution in [0.2, 0.25) is 0 Å². The zero-order valence-corrected chi connectivity index (χ0v) is 10.6. The first-order chi connectivity index (χ1) is 9.60. The summed E-state index contributed by atoms with van der Waals surface area (Å²) in [5, 5.41) is 25.4. The lowest BCUT2D eigenvalue weighted by atomic mass is 10.2. The minimum Gasteiger partial charge on any atom is -0.506 e. The molecule has 0 aromatic heterocycles. The number of benzene rings is 2. The molecule has 6 N–H and O–H groups in total. The molecule has 0 heterocycles. The summed E-state index contributed by atoms with van der Waals surface area (Å²) in [6.07, 6.45) is 0.664. The molecule has 0 saturated heterocycles. The van der Waals surface area contributed by atoms with E-state index in [-0.39, 0.29) is 23.7 Å². The average molecular weight is 273 g/mol. The Balaban J connectivity index is 2.22. The number of nitrogens with one attached hydrogen (secondary N) is 2. The van der Waals surface area contributed by atoms with E-state index in [0.29, 0.717) is 17.7 Å². The summed E-state index contributed by atoms with van der Waals surface area (Å²) in [6.45, 7) is 0.0533. The molecule has 0 fully saturated rings. The molecule has 6 heteroatoms. The van der Waals surface area contributed by atoms with Crippen molar-refractivity contribution >= 4 is 29.0 Å². The molecule has 0 radical (unpaired) electrons. The van der Waals surface area contributed by atoms with Crippen molar-refractivity contribution in [1.29, 1.82) is 0 Å². The average Bonchev–Trinajstić information content (AvgIpc) is 2.43. The molecule has 2 aromatic carbocycles.